The molecule has 0 aliphatic heterocycles. The molecule has 2 aromatic carbocycles. The van der Waals surface area contributed by atoms with Crippen molar-refractivity contribution < 1.29 is 44.7 Å². The Kier molecular flexibility index (Phi) is 10.9. The molecule has 140 valence electrons. The quantitative estimate of drug-likeness (QED) is 0.199. The van der Waals surface area contributed by atoms with Crippen molar-refractivity contribution >= 4 is 45.2 Å². The predicted octanol–water partition coefficient (Wildman–Crippen LogP) is -2.56. The van der Waals surface area contributed by atoms with Crippen molar-refractivity contribution in [1.82, 2.24) is 0 Å². The van der Waals surface area contributed by atoms with E-state index in [1.807, 2.05) is 6.07 Å². The first-order valence-corrected chi connectivity index (χ1v) is 7.07. The number of para-hydroxylation sites is 2. The second kappa shape index (κ2) is 12.0. The summed E-state index contributed by atoms with van der Waals surface area (Å²) in [5, 5.41) is 45.2. The molecule has 0 saturated carbocycles. The molecule has 2 rings (SSSR count). The normalized spacial score (nSPS) is 11.6. The van der Waals surface area contributed by atoms with Gasteiger partial charge >= 0.3 is 33.3 Å². The van der Waals surface area contributed by atoms with Gasteiger partial charge in [-0.05, 0) is 24.3 Å². The molecule has 3 N–H and O–H groups in total. The third-order valence-corrected chi connectivity index (χ3v) is 2.86. The zero-order valence-corrected chi connectivity index (χ0v) is 17.5. The smallest absolute Gasteiger partial charge is 0.547 e. The molecule has 0 heterocycles. The fourth-order valence-electron chi connectivity index (χ4n) is 1.55. The average molecular weight is 569 g/mol. The number of carboxylic acids is 2. The van der Waals surface area contributed by atoms with Gasteiger partial charge in [0.2, 0.25) is 0 Å². The number of benzene rings is 2. The average Bonchev–Trinajstić information content (AvgIpc) is 2.62. The van der Waals surface area contributed by atoms with Crippen molar-refractivity contribution in [3.05, 3.63) is 60.2 Å². The molecule has 2 unspecified atom stereocenters. The van der Waals surface area contributed by atoms with Crippen LogP contribution in [-0.4, -0.2) is 72.7 Å². The first-order chi connectivity index (χ1) is 12.2. The zero-order chi connectivity index (χ0) is 19.7. The third kappa shape index (κ3) is 8.15. The number of carbonyl (C=O) groups is 3. The number of hydrogen-bond acceptors (Lipinski definition) is 9. The molecule has 0 amide bonds. The van der Waals surface area contributed by atoms with Crippen molar-refractivity contribution in [1.29, 1.82) is 0 Å². The topological polar surface area (TPSA) is 167 Å². The van der Waals surface area contributed by atoms with Gasteiger partial charge in [-0.15, -0.1) is 0 Å². The number of aliphatic hydroxyl groups excluding tert-OH is 2. The summed E-state index contributed by atoms with van der Waals surface area (Å²) >= 11 is 0. The molecule has 0 aliphatic rings. The van der Waals surface area contributed by atoms with E-state index in [0.717, 1.165) is 0 Å². The van der Waals surface area contributed by atoms with Gasteiger partial charge in [0.1, 0.15) is 29.3 Å². The van der Waals surface area contributed by atoms with Crippen LogP contribution in [0.5, 0.6) is 11.5 Å². The molecule has 9 nitrogen and oxygen atoms in total. The minimum Gasteiger partial charge on any atom is -0.547 e. The minimum absolute atomic E-state index is 0. The molecule has 0 aliphatic carbocycles. The van der Waals surface area contributed by atoms with E-state index in [-0.39, 0.29) is 38.6 Å². The van der Waals surface area contributed by atoms with Gasteiger partial charge in [-0.2, -0.15) is 0 Å². The van der Waals surface area contributed by atoms with Gasteiger partial charge in [-0.1, -0.05) is 30.3 Å². The Balaban J connectivity index is 0.000000539. The molecule has 10 heteroatoms. The van der Waals surface area contributed by atoms with Gasteiger partial charge in [0, 0.05) is 0 Å². The second-order valence-electron chi connectivity index (χ2n) is 4.75. The molecular weight excluding hydrogens is 555 g/mol. The Morgan fingerprint density at radius 2 is 1.26 bits per heavy atom. The minimum atomic E-state index is -2.44. The van der Waals surface area contributed by atoms with Crippen LogP contribution in [0.1, 0.15) is 10.4 Å². The van der Waals surface area contributed by atoms with Gasteiger partial charge in [-0.3, -0.25) is 0 Å². The number of esters is 1. The Morgan fingerprint density at radius 1 is 0.815 bits per heavy atom. The van der Waals surface area contributed by atoms with E-state index in [2.05, 4.69) is 0 Å². The maximum absolute atomic E-state index is 11.7. The second-order valence-corrected chi connectivity index (χ2v) is 4.75. The van der Waals surface area contributed by atoms with Crippen LogP contribution in [0, 0.1) is 0 Å². The molecule has 2 radical (unpaired) electrons. The van der Waals surface area contributed by atoms with E-state index in [0.29, 0.717) is 5.75 Å². The van der Waals surface area contributed by atoms with E-state index in [9.17, 15) is 29.7 Å². The number of phenolic OH excluding ortho intramolecular Hbond substituents is 1. The van der Waals surface area contributed by atoms with Crippen LogP contribution >= 0.6 is 0 Å². The van der Waals surface area contributed by atoms with Crippen LogP contribution in [-0.2, 0) is 9.59 Å². The van der Waals surface area contributed by atoms with Crippen molar-refractivity contribution in [3.63, 3.8) is 0 Å². The number of ether oxygens (including phenoxy) is 1. The monoisotopic (exact) mass is 570 g/mol. The summed E-state index contributed by atoms with van der Waals surface area (Å²) in [5.41, 5.74) is 0.159. The van der Waals surface area contributed by atoms with Crippen LogP contribution in [0.4, 0.5) is 0 Å². The van der Waals surface area contributed by atoms with Gasteiger partial charge in [0.05, 0.1) is 11.9 Å². The van der Waals surface area contributed by atoms with Gasteiger partial charge < -0.3 is 39.9 Å². The standard InChI is InChI=1S/C13H10O3.C4H6O6.Pb/c14-12-9-5-4-8-11(12)13(15)16-10-6-2-1-3-7-10;5-1(3(7)8)2(6)4(9)10;/h1-9,14H;1-2,5-6H,(H,7,8)(H,9,10);/q;;+2/p-2. The molecule has 27 heavy (non-hydrogen) atoms. The summed E-state index contributed by atoms with van der Waals surface area (Å²) in [6, 6.07) is 15.0. The maximum atomic E-state index is 11.7. The predicted molar refractivity (Wildman–Crippen MR) is 87.3 cm³/mol. The Hall–Kier alpha value is -2.51. The molecular formula is C17H14O9Pb. The van der Waals surface area contributed by atoms with Gasteiger partial charge in [-0.25, -0.2) is 4.79 Å². The number of carboxylic acid groups (broad SMARTS) is 2. The van der Waals surface area contributed by atoms with E-state index >= 15 is 0 Å². The fourth-order valence-corrected chi connectivity index (χ4v) is 1.55. The number of rotatable bonds is 5. The van der Waals surface area contributed by atoms with Crippen LogP contribution in [0.2, 0.25) is 0 Å². The molecule has 0 fully saturated rings. The number of aliphatic hydroxyl groups is 2. The maximum Gasteiger partial charge on any atom is 2.00 e. The summed E-state index contributed by atoms with van der Waals surface area (Å²) in [6.07, 6.45) is -4.88. The first-order valence-electron chi connectivity index (χ1n) is 7.07. The Morgan fingerprint density at radius 3 is 1.70 bits per heavy atom. The molecule has 0 aromatic heterocycles. The molecule has 0 bridgehead atoms. The third-order valence-electron chi connectivity index (χ3n) is 2.86. The summed E-state index contributed by atoms with van der Waals surface area (Å²) in [7, 11) is 0. The first kappa shape index (κ1) is 24.5. The number of aliphatic carboxylic acids is 2. The van der Waals surface area contributed by atoms with Crippen molar-refractivity contribution in [3.8, 4) is 11.5 Å². The van der Waals surface area contributed by atoms with E-state index < -0.39 is 30.1 Å². The SMILES string of the molecule is O=C(Oc1ccccc1)c1ccccc1O.O=C([O-])C(O)C(O)C(=O)[O-].[Pb+2]. The van der Waals surface area contributed by atoms with Crippen molar-refractivity contribution in [2.45, 2.75) is 12.2 Å². The van der Waals surface area contributed by atoms with Crippen LogP contribution in [0.25, 0.3) is 0 Å². The van der Waals surface area contributed by atoms with E-state index in [4.69, 9.17) is 14.9 Å². The number of carbonyl (C=O) groups excluding carboxylic acids is 3. The molecule has 0 saturated heterocycles. The zero-order valence-electron chi connectivity index (χ0n) is 13.6. The summed E-state index contributed by atoms with van der Waals surface area (Å²) < 4.78 is 5.08. The van der Waals surface area contributed by atoms with Crippen molar-refractivity contribution in [2.24, 2.45) is 0 Å². The number of phenols is 1. The molecule has 2 atom stereocenters. The van der Waals surface area contributed by atoms with Crippen LogP contribution in [0.3, 0.4) is 0 Å². The number of hydrogen-bond donors (Lipinski definition) is 3. The molecule has 0 spiro atoms. The van der Waals surface area contributed by atoms with Gasteiger partial charge in [0.15, 0.2) is 0 Å². The Labute approximate surface area is 173 Å². The number of aromatic hydroxyl groups is 1. The van der Waals surface area contributed by atoms with Crippen LogP contribution in [0.15, 0.2) is 54.6 Å². The fraction of sp³-hybridized carbons (Fsp3) is 0.118. The summed E-state index contributed by atoms with van der Waals surface area (Å²) in [5.74, 6) is -4.31. The van der Waals surface area contributed by atoms with E-state index in [1.54, 1.807) is 36.4 Å². The van der Waals surface area contributed by atoms with Crippen molar-refractivity contribution in [2.75, 3.05) is 0 Å². The summed E-state index contributed by atoms with van der Waals surface area (Å²) in [6.45, 7) is 0. The van der Waals surface area contributed by atoms with Crippen LogP contribution < -0.4 is 14.9 Å². The summed E-state index contributed by atoms with van der Waals surface area (Å²) in [4.78, 5) is 30.9. The van der Waals surface area contributed by atoms with Gasteiger partial charge in [0.25, 0.3) is 0 Å². The Bertz CT molecular complexity index is 746. The molecule has 2 aromatic rings. The van der Waals surface area contributed by atoms with E-state index in [1.165, 1.54) is 12.1 Å². The largest absolute Gasteiger partial charge is 2.00 e.